The third-order valence-corrected chi connectivity index (χ3v) is 5.11. The van der Waals surface area contributed by atoms with Crippen LogP contribution in [0.3, 0.4) is 0 Å². The number of hydrogen-bond acceptors (Lipinski definition) is 5. The zero-order valence-corrected chi connectivity index (χ0v) is 11.8. The van der Waals surface area contributed by atoms with Crippen molar-refractivity contribution < 1.29 is 18.3 Å². The van der Waals surface area contributed by atoms with Gasteiger partial charge < -0.3 is 15.6 Å². The number of nitrogens with two attached hydrogens (primary N) is 1. The van der Waals surface area contributed by atoms with E-state index in [9.17, 15) is 13.5 Å². The van der Waals surface area contributed by atoms with Crippen LogP contribution in [0.25, 0.3) is 0 Å². The molecule has 7 heteroatoms. The Morgan fingerprint density at radius 2 is 2.16 bits per heavy atom. The summed E-state index contributed by atoms with van der Waals surface area (Å²) in [6.07, 6.45) is 0.420. The second-order valence-electron chi connectivity index (χ2n) is 5.00. The van der Waals surface area contributed by atoms with E-state index >= 15 is 0 Å². The second kappa shape index (κ2) is 4.66. The van der Waals surface area contributed by atoms with E-state index in [-0.39, 0.29) is 17.2 Å². The number of hydrogen-bond donors (Lipinski definition) is 2. The topological polar surface area (TPSA) is 92.9 Å². The molecular formula is C12H18N2O4S. The minimum Gasteiger partial charge on any atom is -0.495 e. The maximum atomic E-state index is 12.5. The Labute approximate surface area is 112 Å². The van der Waals surface area contributed by atoms with Crippen LogP contribution < -0.4 is 10.5 Å². The summed E-state index contributed by atoms with van der Waals surface area (Å²) in [6.45, 7) is 2.01. The van der Waals surface area contributed by atoms with Crippen molar-refractivity contribution in [2.24, 2.45) is 0 Å². The molecule has 0 amide bonds. The first kappa shape index (κ1) is 14.1. The van der Waals surface area contributed by atoms with E-state index in [2.05, 4.69) is 0 Å². The lowest BCUT2D eigenvalue weighted by Crippen LogP contribution is -2.34. The van der Waals surface area contributed by atoms with Gasteiger partial charge in [-0.05, 0) is 25.5 Å². The molecule has 2 rings (SSSR count). The van der Waals surface area contributed by atoms with Crippen LogP contribution in [0.4, 0.5) is 5.69 Å². The molecule has 19 heavy (non-hydrogen) atoms. The van der Waals surface area contributed by atoms with Crippen molar-refractivity contribution in [1.29, 1.82) is 0 Å². The normalized spacial score (nSPS) is 24.6. The summed E-state index contributed by atoms with van der Waals surface area (Å²) in [5.41, 5.74) is 5.07. The quantitative estimate of drug-likeness (QED) is 0.786. The molecule has 0 aliphatic carbocycles. The molecule has 1 fully saturated rings. The molecule has 0 radical (unpaired) electrons. The average molecular weight is 286 g/mol. The van der Waals surface area contributed by atoms with Gasteiger partial charge in [0.2, 0.25) is 10.0 Å². The summed E-state index contributed by atoms with van der Waals surface area (Å²) in [6, 6.07) is 4.42. The molecule has 1 aliphatic rings. The number of anilines is 1. The van der Waals surface area contributed by atoms with Gasteiger partial charge in [0.25, 0.3) is 0 Å². The highest BCUT2D eigenvalue weighted by atomic mass is 32.2. The largest absolute Gasteiger partial charge is 0.495 e. The molecular weight excluding hydrogens is 268 g/mol. The fraction of sp³-hybridized carbons (Fsp3) is 0.500. The van der Waals surface area contributed by atoms with E-state index in [4.69, 9.17) is 10.5 Å². The van der Waals surface area contributed by atoms with E-state index in [0.717, 1.165) is 0 Å². The molecule has 1 unspecified atom stereocenters. The molecule has 1 aromatic rings. The Kier molecular flexibility index (Phi) is 3.46. The first-order chi connectivity index (χ1) is 8.76. The van der Waals surface area contributed by atoms with Crippen molar-refractivity contribution >= 4 is 15.7 Å². The zero-order valence-electron chi connectivity index (χ0n) is 11.0. The summed E-state index contributed by atoms with van der Waals surface area (Å²) in [5.74, 6) is 0.214. The third kappa shape index (κ3) is 2.68. The van der Waals surface area contributed by atoms with Crippen molar-refractivity contribution in [1.82, 2.24) is 4.31 Å². The summed E-state index contributed by atoms with van der Waals surface area (Å²) in [7, 11) is -2.28. The minimum atomic E-state index is -3.68. The first-order valence-electron chi connectivity index (χ1n) is 5.92. The van der Waals surface area contributed by atoms with E-state index in [1.807, 2.05) is 0 Å². The molecule has 0 saturated carbocycles. The minimum absolute atomic E-state index is 0.0712. The highest BCUT2D eigenvalue weighted by Gasteiger charge is 2.39. The molecule has 1 atom stereocenters. The molecule has 0 spiro atoms. The highest BCUT2D eigenvalue weighted by molar-refractivity contribution is 7.89. The number of benzene rings is 1. The lowest BCUT2D eigenvalue weighted by molar-refractivity contribution is 0.0762. The Balaban J connectivity index is 2.41. The second-order valence-corrected chi connectivity index (χ2v) is 6.90. The number of nitrogens with zero attached hydrogens (tertiary/aromatic N) is 1. The fourth-order valence-electron chi connectivity index (χ4n) is 2.15. The van der Waals surface area contributed by atoms with Gasteiger partial charge in [-0.1, -0.05) is 0 Å². The standard InChI is InChI=1S/C12H18N2O4S/c1-12(15)5-6-14(8-12)19(16,17)11-4-3-9(13)7-10(11)18-2/h3-4,7,15H,5-6,8,13H2,1-2H3. The maximum absolute atomic E-state index is 12.5. The molecule has 106 valence electrons. The number of β-amino-alcohol motifs (C(OH)–C–C–N with tert-alkyl or cyclic N) is 1. The van der Waals surface area contributed by atoms with Crippen LogP contribution in [-0.4, -0.2) is 43.6 Å². The Hall–Kier alpha value is -1.31. The highest BCUT2D eigenvalue weighted by Crippen LogP contribution is 2.32. The summed E-state index contributed by atoms with van der Waals surface area (Å²) < 4.78 is 31.4. The molecule has 1 heterocycles. The van der Waals surface area contributed by atoms with Gasteiger partial charge in [-0.15, -0.1) is 0 Å². The van der Waals surface area contributed by atoms with E-state index in [1.54, 1.807) is 6.92 Å². The van der Waals surface area contributed by atoms with Crippen molar-refractivity contribution in [2.75, 3.05) is 25.9 Å². The Morgan fingerprint density at radius 1 is 1.47 bits per heavy atom. The molecule has 6 nitrogen and oxygen atoms in total. The molecule has 0 aromatic heterocycles. The van der Waals surface area contributed by atoms with Gasteiger partial charge >= 0.3 is 0 Å². The molecule has 0 bridgehead atoms. The Morgan fingerprint density at radius 3 is 2.68 bits per heavy atom. The molecule has 1 aliphatic heterocycles. The number of rotatable bonds is 3. The van der Waals surface area contributed by atoms with Crippen LogP contribution in [0.15, 0.2) is 23.1 Å². The van der Waals surface area contributed by atoms with Gasteiger partial charge in [-0.25, -0.2) is 8.42 Å². The van der Waals surface area contributed by atoms with Crippen LogP contribution in [0, 0.1) is 0 Å². The number of sulfonamides is 1. The van der Waals surface area contributed by atoms with Crippen LogP contribution in [0.2, 0.25) is 0 Å². The zero-order chi connectivity index (χ0) is 14.3. The number of methoxy groups -OCH3 is 1. The molecule has 1 aromatic carbocycles. The molecule has 3 N–H and O–H groups in total. The average Bonchev–Trinajstić information content (AvgIpc) is 2.69. The smallest absolute Gasteiger partial charge is 0.246 e. The van der Waals surface area contributed by atoms with Gasteiger partial charge in [0.15, 0.2) is 0 Å². The summed E-state index contributed by atoms with van der Waals surface area (Å²) in [4.78, 5) is 0.0712. The Bertz CT molecular complexity index is 583. The summed E-state index contributed by atoms with van der Waals surface area (Å²) >= 11 is 0. The van der Waals surface area contributed by atoms with Crippen molar-refractivity contribution in [3.63, 3.8) is 0 Å². The van der Waals surface area contributed by atoms with Gasteiger partial charge in [-0.3, -0.25) is 0 Å². The van der Waals surface area contributed by atoms with Crippen LogP contribution >= 0.6 is 0 Å². The third-order valence-electron chi connectivity index (χ3n) is 3.22. The number of aliphatic hydroxyl groups is 1. The van der Waals surface area contributed by atoms with Gasteiger partial charge in [0.05, 0.1) is 12.7 Å². The van der Waals surface area contributed by atoms with Crippen LogP contribution in [0.5, 0.6) is 5.75 Å². The van der Waals surface area contributed by atoms with Crippen LogP contribution in [0.1, 0.15) is 13.3 Å². The monoisotopic (exact) mass is 286 g/mol. The van der Waals surface area contributed by atoms with E-state index in [0.29, 0.717) is 18.7 Å². The van der Waals surface area contributed by atoms with Gasteiger partial charge in [0, 0.05) is 24.8 Å². The number of ether oxygens (including phenoxy) is 1. The SMILES string of the molecule is COc1cc(N)ccc1S(=O)(=O)N1CCC(C)(O)C1. The maximum Gasteiger partial charge on any atom is 0.246 e. The van der Waals surface area contributed by atoms with Crippen LogP contribution in [-0.2, 0) is 10.0 Å². The first-order valence-corrected chi connectivity index (χ1v) is 7.36. The van der Waals surface area contributed by atoms with Gasteiger partial charge in [0.1, 0.15) is 10.6 Å². The van der Waals surface area contributed by atoms with Gasteiger partial charge in [-0.2, -0.15) is 4.31 Å². The fourth-order valence-corrected chi connectivity index (χ4v) is 3.84. The van der Waals surface area contributed by atoms with E-state index < -0.39 is 15.6 Å². The predicted octanol–water partition coefficient (Wildman–Crippen LogP) is 0.423. The lowest BCUT2D eigenvalue weighted by atomic mass is 10.1. The predicted molar refractivity (Wildman–Crippen MR) is 71.4 cm³/mol. The number of nitrogen functional groups attached to an aromatic ring is 1. The molecule has 1 saturated heterocycles. The lowest BCUT2D eigenvalue weighted by Gasteiger charge is -2.20. The van der Waals surface area contributed by atoms with Crippen molar-refractivity contribution in [2.45, 2.75) is 23.8 Å². The van der Waals surface area contributed by atoms with Crippen molar-refractivity contribution in [3.05, 3.63) is 18.2 Å². The summed E-state index contributed by atoms with van der Waals surface area (Å²) in [5, 5.41) is 9.89. The van der Waals surface area contributed by atoms with Crippen molar-refractivity contribution in [3.8, 4) is 5.75 Å². The van der Waals surface area contributed by atoms with E-state index in [1.165, 1.54) is 29.6 Å².